The normalized spacial score (nSPS) is 49.7. The summed E-state index contributed by atoms with van der Waals surface area (Å²) in [6.07, 6.45) is -4.91. The highest BCUT2D eigenvalue weighted by molar-refractivity contribution is 5.71. The van der Waals surface area contributed by atoms with Crippen molar-refractivity contribution in [2.75, 3.05) is 48.8 Å². The summed E-state index contributed by atoms with van der Waals surface area (Å²) < 4.78 is 80.1. The summed E-state index contributed by atoms with van der Waals surface area (Å²) in [5.41, 5.74) is 0. The van der Waals surface area contributed by atoms with Gasteiger partial charge in [0.15, 0.2) is 12.6 Å². The number of carbonyl (C=O) groups is 2. The smallest absolute Gasteiger partial charge is 0.308 e. The predicted octanol–water partition coefficient (Wildman–Crippen LogP) is 3.20. The van der Waals surface area contributed by atoms with Crippen LogP contribution in [0.1, 0.15) is 79.1 Å². The Morgan fingerprint density at radius 1 is 0.508 bits per heavy atom. The van der Waals surface area contributed by atoms with E-state index < -0.39 is 79.7 Å². The lowest BCUT2D eigenvalue weighted by molar-refractivity contribution is -0.309. The quantitative estimate of drug-likeness (QED) is 0.300. The molecule has 0 aromatic carbocycles. The highest BCUT2D eigenvalue weighted by Gasteiger charge is 2.51. The van der Waals surface area contributed by atoms with Crippen LogP contribution in [0.15, 0.2) is 0 Å². The second-order valence-corrected chi connectivity index (χ2v) is 18.4. The van der Waals surface area contributed by atoms with Gasteiger partial charge in [-0.3, -0.25) is 9.59 Å². The minimum atomic E-state index is -1.10. The van der Waals surface area contributed by atoms with Gasteiger partial charge in [0.1, 0.15) is 48.8 Å². The summed E-state index contributed by atoms with van der Waals surface area (Å²) in [7, 11) is 7.91. The molecule has 59 heavy (non-hydrogen) atoms. The van der Waals surface area contributed by atoms with Crippen molar-refractivity contribution in [3.63, 3.8) is 0 Å². The number of methoxy groups -OCH3 is 5. The third kappa shape index (κ3) is 10.5. The molecule has 5 saturated heterocycles. The van der Waals surface area contributed by atoms with Crippen molar-refractivity contribution in [1.29, 1.82) is 0 Å². The van der Waals surface area contributed by atoms with E-state index in [0.29, 0.717) is 37.5 Å². The molecule has 2 aliphatic carbocycles. The molecule has 5 aliphatic heterocycles. The molecular weight excluding hydrogens is 772 g/mol. The molecule has 7 fully saturated rings. The Bertz CT molecular complexity index is 1390. The molecule has 22 atom stereocenters. The second kappa shape index (κ2) is 19.9. The lowest BCUT2D eigenvalue weighted by atomic mass is 9.85. The van der Waals surface area contributed by atoms with E-state index in [-0.39, 0.29) is 80.0 Å². The first-order valence-corrected chi connectivity index (χ1v) is 21.9. The monoisotopic (exact) mass is 842 g/mol. The number of ether oxygens (including phenoxy) is 13. The molecule has 0 spiro atoms. The fourth-order valence-electron chi connectivity index (χ4n) is 10.4. The number of hydrogen-bond donors (Lipinski definition) is 1. The summed E-state index contributed by atoms with van der Waals surface area (Å²) in [4.78, 5) is 28.1. The molecule has 7 rings (SSSR count). The fraction of sp³-hybridized carbons (Fsp3) is 0.953. The Kier molecular flexibility index (Phi) is 15.3. The molecule has 0 amide bonds. The zero-order valence-electron chi connectivity index (χ0n) is 36.3. The van der Waals surface area contributed by atoms with Gasteiger partial charge in [-0.1, -0.05) is 27.7 Å². The first kappa shape index (κ1) is 45.5. The Balaban J connectivity index is 1.12. The standard InChI is InChI=1S/C43H70O16/c1-20-10-26(20)32-14-24-12-28(58-42-38(46)39(49-7)34(47-5)18-52-42)22(3)30(54-24)16-36(44)57-33(27-11-21(27)2)15-25-13-29(23(4)31(55-25)17-37(45)56-32)59-43-41(51-9)40(50-8)35(48-6)19-53-43/h20-35,38-43,46H,10-19H2,1-9H3. The van der Waals surface area contributed by atoms with Crippen LogP contribution in [-0.4, -0.2) is 164 Å². The fourth-order valence-corrected chi connectivity index (χ4v) is 10.4. The van der Waals surface area contributed by atoms with E-state index >= 15 is 0 Å². The molecule has 22 unspecified atom stereocenters. The van der Waals surface area contributed by atoms with Crippen LogP contribution in [0.5, 0.6) is 0 Å². The minimum absolute atomic E-state index is 0.0113. The number of cyclic esters (lactones) is 2. The van der Waals surface area contributed by atoms with Crippen molar-refractivity contribution in [1.82, 2.24) is 0 Å². The van der Waals surface area contributed by atoms with Gasteiger partial charge in [-0.15, -0.1) is 0 Å². The predicted molar refractivity (Wildman–Crippen MR) is 207 cm³/mol. The van der Waals surface area contributed by atoms with Crippen LogP contribution in [0.4, 0.5) is 0 Å². The lowest BCUT2D eigenvalue weighted by Gasteiger charge is -2.46. The number of hydrogen-bond acceptors (Lipinski definition) is 16. The first-order valence-electron chi connectivity index (χ1n) is 21.9. The van der Waals surface area contributed by atoms with Crippen LogP contribution in [-0.2, 0) is 71.2 Å². The Labute approximate surface area is 349 Å². The molecule has 0 aromatic rings. The average Bonchev–Trinajstić information content (AvgIpc) is 4.14. The number of aliphatic hydroxyl groups is 1. The third-order valence-corrected chi connectivity index (χ3v) is 14.5. The van der Waals surface area contributed by atoms with Gasteiger partial charge in [-0.05, 0) is 36.5 Å². The van der Waals surface area contributed by atoms with Crippen molar-refractivity contribution in [2.24, 2.45) is 35.5 Å². The second-order valence-electron chi connectivity index (χ2n) is 18.4. The third-order valence-electron chi connectivity index (χ3n) is 14.5. The van der Waals surface area contributed by atoms with E-state index in [0.717, 1.165) is 12.8 Å². The molecule has 4 bridgehead atoms. The Hall–Kier alpha value is -1.54. The van der Waals surface area contributed by atoms with Gasteiger partial charge in [0, 0.05) is 73.1 Å². The van der Waals surface area contributed by atoms with Crippen LogP contribution >= 0.6 is 0 Å². The lowest BCUT2D eigenvalue weighted by Crippen LogP contribution is -2.58. The SMILES string of the molecule is COC1COC(OC2CC3CC(C4CC4C)OC(=O)CC4OC(CC(OC5OCC(OC)C(OC)C5OC)C4C)CC(C4CC4C)OC(=O)CC(O3)C2C)C(O)C1OC. The van der Waals surface area contributed by atoms with Gasteiger partial charge in [-0.2, -0.15) is 0 Å². The van der Waals surface area contributed by atoms with Crippen molar-refractivity contribution in [3.8, 4) is 0 Å². The van der Waals surface area contributed by atoms with E-state index in [2.05, 4.69) is 13.8 Å². The molecule has 16 nitrogen and oxygen atoms in total. The molecule has 16 heteroatoms. The molecule has 2 saturated carbocycles. The summed E-state index contributed by atoms with van der Waals surface area (Å²) >= 11 is 0. The molecule has 7 aliphatic rings. The Morgan fingerprint density at radius 2 is 0.932 bits per heavy atom. The first-order chi connectivity index (χ1) is 28.3. The van der Waals surface area contributed by atoms with Crippen LogP contribution in [0.25, 0.3) is 0 Å². The van der Waals surface area contributed by atoms with Crippen molar-refractivity contribution >= 4 is 11.9 Å². The van der Waals surface area contributed by atoms with E-state index in [1.807, 2.05) is 13.8 Å². The van der Waals surface area contributed by atoms with Gasteiger partial charge in [0.05, 0.1) is 62.7 Å². The van der Waals surface area contributed by atoms with Gasteiger partial charge in [-0.25, -0.2) is 0 Å². The Morgan fingerprint density at radius 3 is 1.36 bits per heavy atom. The molecule has 1 N–H and O–H groups in total. The van der Waals surface area contributed by atoms with Crippen LogP contribution in [0.3, 0.4) is 0 Å². The van der Waals surface area contributed by atoms with Gasteiger partial charge >= 0.3 is 11.9 Å². The summed E-state index contributed by atoms with van der Waals surface area (Å²) in [5, 5.41) is 11.2. The summed E-state index contributed by atoms with van der Waals surface area (Å²) in [6.45, 7) is 8.80. The molecule has 0 aromatic heterocycles. The highest BCUT2D eigenvalue weighted by atomic mass is 16.7. The molecular formula is C43H70O16. The van der Waals surface area contributed by atoms with Gasteiger partial charge in [0.25, 0.3) is 0 Å². The van der Waals surface area contributed by atoms with Crippen LogP contribution in [0, 0.1) is 35.5 Å². The van der Waals surface area contributed by atoms with Crippen molar-refractivity contribution < 1.29 is 76.3 Å². The topological polar surface area (TPSA) is 174 Å². The maximum Gasteiger partial charge on any atom is 0.308 e. The summed E-state index contributed by atoms with van der Waals surface area (Å²) in [6, 6.07) is 0. The van der Waals surface area contributed by atoms with Crippen LogP contribution in [0.2, 0.25) is 0 Å². The minimum Gasteiger partial charge on any atom is -0.462 e. The van der Waals surface area contributed by atoms with Gasteiger partial charge in [0.2, 0.25) is 0 Å². The molecule has 0 radical (unpaired) electrons. The van der Waals surface area contributed by atoms with Crippen molar-refractivity contribution in [2.45, 2.75) is 177 Å². The number of carbonyl (C=O) groups excluding carboxylic acids is 2. The van der Waals surface area contributed by atoms with E-state index in [4.69, 9.17) is 61.6 Å². The van der Waals surface area contributed by atoms with E-state index in [9.17, 15) is 14.7 Å². The van der Waals surface area contributed by atoms with Crippen molar-refractivity contribution in [3.05, 3.63) is 0 Å². The van der Waals surface area contributed by atoms with E-state index in [1.54, 1.807) is 28.4 Å². The summed E-state index contributed by atoms with van der Waals surface area (Å²) in [5.74, 6) is -0.0292. The number of rotatable bonds is 11. The molecule has 338 valence electrons. The highest BCUT2D eigenvalue weighted by Crippen LogP contribution is 2.47. The average molecular weight is 843 g/mol. The maximum atomic E-state index is 14.1. The van der Waals surface area contributed by atoms with Gasteiger partial charge < -0.3 is 66.7 Å². The molecule has 5 heterocycles. The number of fused-ring (bicyclic) bond motifs is 4. The largest absolute Gasteiger partial charge is 0.462 e. The zero-order chi connectivity index (χ0) is 42.1. The number of esters is 2. The zero-order valence-corrected chi connectivity index (χ0v) is 36.3. The number of aliphatic hydroxyl groups excluding tert-OH is 1. The van der Waals surface area contributed by atoms with E-state index in [1.165, 1.54) is 7.11 Å². The van der Waals surface area contributed by atoms with Crippen LogP contribution < -0.4 is 0 Å². The maximum absolute atomic E-state index is 14.1.